The summed E-state index contributed by atoms with van der Waals surface area (Å²) in [5.74, 6) is 0. The Morgan fingerprint density at radius 2 is 2.50 bits per heavy atom. The third-order valence-electron chi connectivity index (χ3n) is 0.736. The van der Waals surface area contributed by atoms with Gasteiger partial charge in [0.25, 0.3) is 0 Å². The second-order valence-corrected chi connectivity index (χ2v) is 2.27. The monoisotopic (exact) mass is 133 g/mol. The molecule has 1 heterocycles. The van der Waals surface area contributed by atoms with Gasteiger partial charge >= 0.3 is 0 Å². The second kappa shape index (κ2) is 3.60. The second-order valence-electron chi connectivity index (χ2n) is 1.24. The highest BCUT2D eigenvalue weighted by molar-refractivity contribution is 7.09. The summed E-state index contributed by atoms with van der Waals surface area (Å²) in [5, 5.41) is 10.4. The van der Waals surface area contributed by atoms with Crippen LogP contribution in [0.5, 0.6) is 0 Å². The maximum Gasteiger partial charge on any atom is 0.0774 e. The lowest BCUT2D eigenvalue weighted by molar-refractivity contribution is 0.285. The molecule has 8 heavy (non-hydrogen) atoms. The van der Waals surface area contributed by atoms with E-state index in [1.165, 1.54) is 0 Å². The van der Waals surface area contributed by atoms with Crippen molar-refractivity contribution in [2.75, 3.05) is 0 Å². The third kappa shape index (κ3) is 1.61. The van der Waals surface area contributed by atoms with Gasteiger partial charge in [-0.3, -0.25) is 0 Å². The van der Waals surface area contributed by atoms with Crippen LogP contribution in [0.15, 0.2) is 17.5 Å². The molecule has 0 aliphatic carbocycles. The normalized spacial score (nSPS) is 8.12. The zero-order valence-electron chi connectivity index (χ0n) is 4.50. The maximum atomic E-state index is 8.44. The van der Waals surface area contributed by atoms with Crippen molar-refractivity contribution in [3.8, 4) is 0 Å². The molecule has 0 atom stereocenters. The van der Waals surface area contributed by atoms with Crippen molar-refractivity contribution in [1.82, 2.24) is 6.15 Å². The molecule has 0 radical (unpaired) electrons. The van der Waals surface area contributed by atoms with Gasteiger partial charge in [0.15, 0.2) is 0 Å². The first-order valence-corrected chi connectivity index (χ1v) is 2.94. The van der Waals surface area contributed by atoms with Gasteiger partial charge in [0.2, 0.25) is 0 Å². The molecule has 1 aromatic rings. The van der Waals surface area contributed by atoms with Gasteiger partial charge in [-0.1, -0.05) is 6.07 Å². The summed E-state index contributed by atoms with van der Waals surface area (Å²) in [4.78, 5) is 1.03. The van der Waals surface area contributed by atoms with Gasteiger partial charge in [-0.25, -0.2) is 0 Å². The first-order chi connectivity index (χ1) is 3.43. The van der Waals surface area contributed by atoms with Gasteiger partial charge in [0.05, 0.1) is 6.61 Å². The Morgan fingerprint density at radius 3 is 2.75 bits per heavy atom. The Balaban J connectivity index is 0. The lowest BCUT2D eigenvalue weighted by Crippen LogP contribution is -1.69. The van der Waals surface area contributed by atoms with Crippen LogP contribution in [0.4, 0.5) is 0 Å². The summed E-state index contributed by atoms with van der Waals surface area (Å²) in [6.07, 6.45) is 0. The maximum absolute atomic E-state index is 8.44. The first kappa shape index (κ1) is 7.62. The molecule has 0 aliphatic rings. The van der Waals surface area contributed by atoms with Crippen molar-refractivity contribution in [3.63, 3.8) is 0 Å². The molecule has 0 unspecified atom stereocenters. The molecular weight excluding hydrogens is 122 g/mol. The van der Waals surface area contributed by atoms with Crippen LogP contribution in [0.1, 0.15) is 6.30 Å². The van der Waals surface area contributed by atoms with Gasteiger partial charge in [0, 0.05) is 6.30 Å². The van der Waals surface area contributed by atoms with E-state index in [4.69, 9.17) is 5.11 Å². The minimum absolute atomic E-state index is 0. The van der Waals surface area contributed by atoms with Crippen molar-refractivity contribution in [1.29, 1.82) is 0 Å². The molecule has 0 spiro atoms. The van der Waals surface area contributed by atoms with Crippen LogP contribution in [-0.2, 0) is 6.61 Å². The van der Waals surface area contributed by atoms with Crippen LogP contribution in [0.25, 0.3) is 0 Å². The molecule has 1 aromatic heterocycles. The average Bonchev–Trinajstić information content (AvgIpc) is 2.14. The standard InChI is InChI=1S/C5H6OS.H3N.H2/c6-4-5-2-1-3-7-5;;/h1-3,6H,4H2;1H3;1H. The Bertz CT molecular complexity index is 132. The molecule has 0 aromatic carbocycles. The third-order valence-corrected chi connectivity index (χ3v) is 1.60. The van der Waals surface area contributed by atoms with Gasteiger partial charge in [-0.05, 0) is 11.4 Å². The van der Waals surface area contributed by atoms with Crippen molar-refractivity contribution >= 4 is 11.3 Å². The van der Waals surface area contributed by atoms with Gasteiger partial charge < -0.3 is 11.3 Å². The largest absolute Gasteiger partial charge is 0.391 e. The number of hydrogen-bond donors (Lipinski definition) is 2. The number of aliphatic hydroxyl groups is 1. The lowest BCUT2D eigenvalue weighted by Gasteiger charge is -1.78. The molecule has 1 rings (SSSR count). The van der Waals surface area contributed by atoms with Crippen molar-refractivity contribution < 1.29 is 6.53 Å². The molecule has 0 fully saturated rings. The molecule has 0 bridgehead atoms. The Labute approximate surface area is 53.9 Å². The van der Waals surface area contributed by atoms with Crippen LogP contribution in [0, 0.1) is 0 Å². The van der Waals surface area contributed by atoms with E-state index in [0.717, 1.165) is 4.88 Å². The number of aliphatic hydroxyl groups excluding tert-OH is 1. The minimum Gasteiger partial charge on any atom is -0.391 e. The molecule has 0 saturated heterocycles. The van der Waals surface area contributed by atoms with Crippen LogP contribution in [0.3, 0.4) is 0 Å². The summed E-state index contributed by atoms with van der Waals surface area (Å²) in [5.41, 5.74) is 0. The van der Waals surface area contributed by atoms with E-state index in [1.54, 1.807) is 11.3 Å². The SMILES string of the molecule is N.OCc1cccs1.[HH]. The summed E-state index contributed by atoms with van der Waals surface area (Å²) in [6.45, 7) is 0.178. The van der Waals surface area contributed by atoms with Crippen molar-refractivity contribution in [3.05, 3.63) is 22.4 Å². The van der Waals surface area contributed by atoms with Gasteiger partial charge in [-0.2, -0.15) is 0 Å². The Kier molecular flexibility index (Phi) is 3.43. The Morgan fingerprint density at radius 1 is 1.75 bits per heavy atom. The van der Waals surface area contributed by atoms with E-state index in [9.17, 15) is 0 Å². The molecular formula is C5H11NOS. The summed E-state index contributed by atoms with van der Waals surface area (Å²) in [7, 11) is 0. The zero-order chi connectivity index (χ0) is 5.11. The highest BCUT2D eigenvalue weighted by Crippen LogP contribution is 2.06. The lowest BCUT2D eigenvalue weighted by atomic mass is 10.5. The number of thiophene rings is 1. The van der Waals surface area contributed by atoms with E-state index < -0.39 is 0 Å². The average molecular weight is 133 g/mol. The zero-order valence-corrected chi connectivity index (χ0v) is 5.32. The van der Waals surface area contributed by atoms with Gasteiger partial charge in [-0.15, -0.1) is 11.3 Å². The predicted octanol–water partition coefficient (Wildman–Crippen LogP) is 1.65. The molecule has 4 N–H and O–H groups in total. The number of rotatable bonds is 1. The highest BCUT2D eigenvalue weighted by atomic mass is 32.1. The fourth-order valence-corrected chi connectivity index (χ4v) is 0.966. The molecule has 2 nitrogen and oxygen atoms in total. The van der Waals surface area contributed by atoms with E-state index in [0.29, 0.717) is 0 Å². The van der Waals surface area contributed by atoms with Gasteiger partial charge in [0.1, 0.15) is 0 Å². The van der Waals surface area contributed by atoms with E-state index >= 15 is 0 Å². The first-order valence-electron chi connectivity index (χ1n) is 2.06. The summed E-state index contributed by atoms with van der Waals surface area (Å²) >= 11 is 1.57. The van der Waals surface area contributed by atoms with Crippen LogP contribution < -0.4 is 6.15 Å². The van der Waals surface area contributed by atoms with Crippen molar-refractivity contribution in [2.24, 2.45) is 0 Å². The minimum atomic E-state index is 0. The van der Waals surface area contributed by atoms with E-state index in [2.05, 4.69) is 0 Å². The van der Waals surface area contributed by atoms with Crippen molar-refractivity contribution in [2.45, 2.75) is 6.61 Å². The fourth-order valence-electron chi connectivity index (χ4n) is 0.403. The quantitative estimate of drug-likeness (QED) is 0.612. The molecule has 3 heteroatoms. The fraction of sp³-hybridized carbons (Fsp3) is 0.200. The van der Waals surface area contributed by atoms with Crippen LogP contribution >= 0.6 is 11.3 Å². The van der Waals surface area contributed by atoms with Crippen LogP contribution in [0.2, 0.25) is 0 Å². The van der Waals surface area contributed by atoms with E-state index in [-0.39, 0.29) is 14.2 Å². The Hall–Kier alpha value is -0.380. The smallest absolute Gasteiger partial charge is 0.0774 e. The number of hydrogen-bond acceptors (Lipinski definition) is 3. The van der Waals surface area contributed by atoms with Crippen LogP contribution in [-0.4, -0.2) is 5.11 Å². The molecule has 0 aliphatic heterocycles. The summed E-state index contributed by atoms with van der Waals surface area (Å²) in [6, 6.07) is 3.83. The highest BCUT2D eigenvalue weighted by Gasteiger charge is 1.83. The predicted molar refractivity (Wildman–Crippen MR) is 37.4 cm³/mol. The van der Waals surface area contributed by atoms with E-state index in [1.807, 2.05) is 17.5 Å². The topological polar surface area (TPSA) is 55.2 Å². The molecule has 0 saturated carbocycles. The summed E-state index contributed by atoms with van der Waals surface area (Å²) < 4.78 is 0. The molecule has 48 valence electrons. The molecule has 0 amide bonds.